The number of ketones is 4. The molecule has 0 aliphatic heterocycles. The summed E-state index contributed by atoms with van der Waals surface area (Å²) in [5.41, 5.74) is 7.62. The number of hydrogen-bond acceptors (Lipinski definition) is 34. The molecule has 0 fully saturated rings. The van der Waals surface area contributed by atoms with E-state index in [2.05, 4.69) is 142 Å². The maximum atomic E-state index is 11.0. The lowest BCUT2D eigenvalue weighted by atomic mass is 10.1. The molecular formula is C59H50N28O8. The molecule has 2 aromatic carbocycles. The van der Waals surface area contributed by atoms with Gasteiger partial charge >= 0.3 is 11.9 Å². The molecule has 12 rings (SSSR count). The third-order valence-corrected chi connectivity index (χ3v) is 12.0. The van der Waals surface area contributed by atoms with E-state index in [1.807, 2.05) is 0 Å². The lowest BCUT2D eigenvalue weighted by molar-refractivity contribution is 0.0685. The average molecular weight is 1280 g/mol. The Morgan fingerprint density at radius 3 is 0.874 bits per heavy atom. The summed E-state index contributed by atoms with van der Waals surface area (Å²) in [5, 5.41) is 108. The van der Waals surface area contributed by atoms with Gasteiger partial charge in [0, 0.05) is 72.0 Å². The number of Topliss-reactive ketones (excluding diaryl/α,β-unsaturated/α-hetero) is 4. The summed E-state index contributed by atoms with van der Waals surface area (Å²) in [6.07, 6.45) is 9.76. The van der Waals surface area contributed by atoms with E-state index in [1.54, 1.807) is 107 Å². The van der Waals surface area contributed by atoms with Crippen LogP contribution in [0.5, 0.6) is 0 Å². The molecule has 0 amide bonds. The molecule has 0 aliphatic rings. The molecule has 10 aromatic heterocycles. The average Bonchev–Trinajstić information content (AvgIpc) is 1.16. The molecule has 474 valence electrons. The Morgan fingerprint density at radius 1 is 0.295 bits per heavy atom. The second kappa shape index (κ2) is 33.8. The molecule has 36 heteroatoms. The number of nitrogens with zero attached hydrogens (tertiary/aromatic N) is 28. The minimum atomic E-state index is -0.950. The summed E-state index contributed by atoms with van der Waals surface area (Å²) < 4.78 is 0. The van der Waals surface area contributed by atoms with Crippen LogP contribution >= 0.6 is 0 Å². The first-order valence-corrected chi connectivity index (χ1v) is 27.3. The molecule has 0 unspecified atom stereocenters. The van der Waals surface area contributed by atoms with Crippen LogP contribution in [0, 0.1) is 34.6 Å². The summed E-state index contributed by atoms with van der Waals surface area (Å²) in [6, 6.07) is 23.1. The van der Waals surface area contributed by atoms with Gasteiger partial charge < -0.3 is 10.2 Å². The number of rotatable bonds is 12. The number of benzene rings is 2. The largest absolute Gasteiger partial charge is 0.478 e. The highest BCUT2D eigenvalue weighted by Gasteiger charge is 2.13. The lowest BCUT2D eigenvalue weighted by Crippen LogP contribution is -2.02. The van der Waals surface area contributed by atoms with Gasteiger partial charge in [-0.15, -0.1) is 122 Å². The van der Waals surface area contributed by atoms with Gasteiger partial charge in [0.1, 0.15) is 22.8 Å². The highest BCUT2D eigenvalue weighted by molar-refractivity contribution is 5.95. The third kappa shape index (κ3) is 20.7. The fourth-order valence-electron chi connectivity index (χ4n) is 7.14. The SMILES string of the molecule is CC(=O)c1ccc(-c2nnc(C)nn2)cn1.CC(=O)c1ccc(-c2nnc(C)nn2)nc1.CC(=O)c1ccc(-c2nncnn2)cn1.CC(=O)c1ccc(-c2nncnn2)nc1.Cc1cc(-c2nncnn2)ccc1C(=O)O.Cc1nnc(-c2ccc(C(=O)O)c(C)c2)nn1. The van der Waals surface area contributed by atoms with Crippen molar-refractivity contribution >= 4 is 35.1 Å². The van der Waals surface area contributed by atoms with Gasteiger partial charge in [-0.1, -0.05) is 12.1 Å². The number of hydrogen-bond donors (Lipinski definition) is 2. The number of aryl methyl sites for hydroxylation is 5. The Morgan fingerprint density at radius 2 is 0.589 bits per heavy atom. The van der Waals surface area contributed by atoms with Gasteiger partial charge in [0.05, 0.1) is 11.1 Å². The maximum absolute atomic E-state index is 11.0. The molecule has 95 heavy (non-hydrogen) atoms. The first kappa shape index (κ1) is 68.8. The second-order valence-electron chi connectivity index (χ2n) is 19.0. The van der Waals surface area contributed by atoms with Crippen LogP contribution in [0.1, 0.15) is 119 Å². The van der Waals surface area contributed by atoms with E-state index in [0.29, 0.717) is 120 Å². The molecule has 0 saturated heterocycles. The molecule has 0 radical (unpaired) electrons. The second-order valence-corrected chi connectivity index (χ2v) is 19.0. The Labute approximate surface area is 536 Å². The smallest absolute Gasteiger partial charge is 0.335 e. The van der Waals surface area contributed by atoms with Crippen LogP contribution in [-0.4, -0.2) is 188 Å². The maximum Gasteiger partial charge on any atom is 0.335 e. The van der Waals surface area contributed by atoms with Gasteiger partial charge in [-0.25, -0.2) is 9.59 Å². The molecule has 12 aromatic rings. The van der Waals surface area contributed by atoms with Crippen molar-refractivity contribution < 1.29 is 39.0 Å². The number of aromatic nitrogens is 28. The normalized spacial score (nSPS) is 10.1. The quantitative estimate of drug-likeness (QED) is 0.153. The van der Waals surface area contributed by atoms with Crippen LogP contribution in [0.3, 0.4) is 0 Å². The first-order valence-electron chi connectivity index (χ1n) is 27.3. The monoisotopic (exact) mass is 1280 g/mol. The Hall–Kier alpha value is -13.7. The minimum Gasteiger partial charge on any atom is -0.478 e. The molecule has 0 bridgehead atoms. The third-order valence-electron chi connectivity index (χ3n) is 12.0. The van der Waals surface area contributed by atoms with E-state index in [-0.39, 0.29) is 34.3 Å². The molecule has 36 nitrogen and oxygen atoms in total. The van der Waals surface area contributed by atoms with Gasteiger partial charge in [0.25, 0.3) is 0 Å². The summed E-state index contributed by atoms with van der Waals surface area (Å²) >= 11 is 0. The van der Waals surface area contributed by atoms with Crippen LogP contribution < -0.4 is 0 Å². The van der Waals surface area contributed by atoms with Gasteiger partial charge in [0.2, 0.25) is 34.9 Å². The highest BCUT2D eigenvalue weighted by Crippen LogP contribution is 2.20. The van der Waals surface area contributed by atoms with Crippen LogP contribution in [0.25, 0.3) is 68.6 Å². The number of pyridine rings is 4. The molecule has 0 aliphatic carbocycles. The van der Waals surface area contributed by atoms with E-state index >= 15 is 0 Å². The van der Waals surface area contributed by atoms with Crippen molar-refractivity contribution in [2.75, 3.05) is 0 Å². The van der Waals surface area contributed by atoms with Gasteiger partial charge in [0.15, 0.2) is 59.6 Å². The molecule has 0 atom stereocenters. The van der Waals surface area contributed by atoms with Crippen molar-refractivity contribution in [1.29, 1.82) is 0 Å². The minimum absolute atomic E-state index is 0.0277. The molecule has 0 spiro atoms. The van der Waals surface area contributed by atoms with Gasteiger partial charge in [-0.2, -0.15) is 0 Å². The van der Waals surface area contributed by atoms with Crippen molar-refractivity contribution in [3.8, 4) is 68.6 Å². The topological polar surface area (TPSA) is 504 Å². The Bertz CT molecular complexity index is 4370. The van der Waals surface area contributed by atoms with Crippen LogP contribution in [0.4, 0.5) is 0 Å². The number of carbonyl (C=O) groups is 6. The number of carboxylic acids is 2. The van der Waals surface area contributed by atoms with Gasteiger partial charge in [-0.3, -0.25) is 39.1 Å². The van der Waals surface area contributed by atoms with Crippen molar-refractivity contribution in [3.05, 3.63) is 191 Å². The van der Waals surface area contributed by atoms with Crippen molar-refractivity contribution in [3.63, 3.8) is 0 Å². The number of carboxylic acid groups (broad SMARTS) is 2. The lowest BCUT2D eigenvalue weighted by Gasteiger charge is -2.03. The summed E-state index contributed by atoms with van der Waals surface area (Å²) in [5.74, 6) is 1.64. The molecular weight excluding hydrogens is 1230 g/mol. The molecule has 0 saturated carbocycles. The Balaban J connectivity index is 0.000000161. The fraction of sp³-hybridized carbons (Fsp3) is 0.153. The highest BCUT2D eigenvalue weighted by atomic mass is 16.4. The standard InChI is InChI=1S/C11H10N4O2.2C10H9N5O.C10H8N4O2.2C9H7N5O/c1-6-5-8(3-4-9(6)11(16)17)10-14-12-7(2)13-15-10;1-6(16)9-4-3-8(5-11-9)10-14-12-7(2)13-15-10;1-6(16)8-3-4-9(11-5-8)10-14-12-7(2)13-15-10;1-6-4-7(2-3-8(6)10(15)16)9-13-11-5-12-14-9;1-6(15)8-3-2-7(4-10-8)9-13-11-5-12-14-9;1-6(15)7-2-3-8(10-4-7)9-13-11-5-12-14-9/h3-5H,1-2H3,(H,16,17);2*3-5H,1-2H3;2-5H,1H3,(H,15,16);2*2-5H,1H3. The summed E-state index contributed by atoms with van der Waals surface area (Å²) in [4.78, 5) is 81.8. The number of carbonyl (C=O) groups excluding carboxylic acids is 4. The summed E-state index contributed by atoms with van der Waals surface area (Å²) in [7, 11) is 0. The van der Waals surface area contributed by atoms with E-state index in [1.165, 1.54) is 83.6 Å². The zero-order chi connectivity index (χ0) is 68.4. The first-order chi connectivity index (χ1) is 45.6. The summed E-state index contributed by atoms with van der Waals surface area (Å²) in [6.45, 7) is 14.5. The van der Waals surface area contributed by atoms with Crippen molar-refractivity contribution in [1.82, 2.24) is 142 Å². The molecule has 2 N–H and O–H groups in total. The fourth-order valence-corrected chi connectivity index (χ4v) is 7.14. The van der Waals surface area contributed by atoms with Crippen molar-refractivity contribution in [2.24, 2.45) is 0 Å². The van der Waals surface area contributed by atoms with Crippen LogP contribution in [0.15, 0.2) is 129 Å². The number of aromatic carboxylic acids is 2. The van der Waals surface area contributed by atoms with E-state index in [4.69, 9.17) is 10.2 Å². The van der Waals surface area contributed by atoms with E-state index in [9.17, 15) is 28.8 Å². The zero-order valence-electron chi connectivity index (χ0n) is 51.5. The van der Waals surface area contributed by atoms with Crippen LogP contribution in [0.2, 0.25) is 0 Å². The molecule has 10 heterocycles. The Kier molecular flexibility index (Phi) is 24.4. The van der Waals surface area contributed by atoms with Gasteiger partial charge in [-0.05, 0) is 132 Å². The van der Waals surface area contributed by atoms with Crippen molar-refractivity contribution in [2.45, 2.75) is 62.3 Å². The van der Waals surface area contributed by atoms with E-state index in [0.717, 1.165) is 0 Å². The predicted octanol–water partition coefficient (Wildman–Crippen LogP) is 4.93. The van der Waals surface area contributed by atoms with E-state index < -0.39 is 11.9 Å². The van der Waals surface area contributed by atoms with Crippen LogP contribution in [-0.2, 0) is 0 Å². The zero-order valence-corrected chi connectivity index (χ0v) is 51.5. The predicted molar refractivity (Wildman–Crippen MR) is 327 cm³/mol.